The largest absolute Gasteiger partial charge is 0.497 e. The fourth-order valence-electron chi connectivity index (χ4n) is 1.92. The smallest absolute Gasteiger partial charge is 0.331 e. The van der Waals surface area contributed by atoms with Crippen LogP contribution in [0.2, 0.25) is 0 Å². The zero-order valence-electron chi connectivity index (χ0n) is 11.5. The second-order valence-corrected chi connectivity index (χ2v) is 4.49. The van der Waals surface area contributed by atoms with E-state index in [-0.39, 0.29) is 0 Å². The first kappa shape index (κ1) is 13.9. The van der Waals surface area contributed by atoms with E-state index in [0.717, 1.165) is 22.4 Å². The van der Waals surface area contributed by atoms with Crippen molar-refractivity contribution in [3.8, 4) is 16.9 Å². The van der Waals surface area contributed by atoms with Gasteiger partial charge in [0.05, 0.1) is 7.11 Å². The van der Waals surface area contributed by atoms with E-state index in [1.54, 1.807) is 20.1 Å². The molecular formula is C17H16O3. The number of hydrogen-bond acceptors (Lipinski definition) is 2. The van der Waals surface area contributed by atoms with Crippen LogP contribution in [0, 0.1) is 0 Å². The third kappa shape index (κ3) is 3.26. The monoisotopic (exact) mass is 268 g/mol. The van der Waals surface area contributed by atoms with Gasteiger partial charge in [0.2, 0.25) is 0 Å². The lowest BCUT2D eigenvalue weighted by Crippen LogP contribution is -1.95. The molecule has 0 radical (unpaired) electrons. The van der Waals surface area contributed by atoms with Gasteiger partial charge in [0, 0.05) is 5.57 Å². The molecule has 0 spiro atoms. The highest BCUT2D eigenvalue weighted by molar-refractivity contribution is 5.91. The van der Waals surface area contributed by atoms with E-state index in [2.05, 4.69) is 0 Å². The van der Waals surface area contributed by atoms with Gasteiger partial charge in [0.15, 0.2) is 0 Å². The summed E-state index contributed by atoms with van der Waals surface area (Å²) in [5.74, 6) is -0.109. The molecule has 0 saturated carbocycles. The molecule has 0 unspecified atom stereocenters. The van der Waals surface area contributed by atoms with Gasteiger partial charge in [-0.05, 0) is 47.9 Å². The molecule has 1 N–H and O–H groups in total. The van der Waals surface area contributed by atoms with Crippen LogP contribution in [-0.2, 0) is 4.79 Å². The summed E-state index contributed by atoms with van der Waals surface area (Å²) in [5.41, 5.74) is 3.24. The fraction of sp³-hybridized carbons (Fsp3) is 0.118. The van der Waals surface area contributed by atoms with Gasteiger partial charge in [-0.1, -0.05) is 30.3 Å². The van der Waals surface area contributed by atoms with Gasteiger partial charge in [-0.3, -0.25) is 0 Å². The van der Waals surface area contributed by atoms with Crippen molar-refractivity contribution in [2.24, 2.45) is 0 Å². The number of carbonyl (C=O) groups is 1. The Kier molecular flexibility index (Phi) is 4.20. The van der Waals surface area contributed by atoms with Crippen LogP contribution < -0.4 is 4.74 Å². The van der Waals surface area contributed by atoms with Crippen LogP contribution in [0.5, 0.6) is 5.75 Å². The van der Waals surface area contributed by atoms with E-state index in [1.807, 2.05) is 48.5 Å². The summed E-state index contributed by atoms with van der Waals surface area (Å²) in [5, 5.41) is 8.91. The molecule has 20 heavy (non-hydrogen) atoms. The Hall–Kier alpha value is -2.55. The summed E-state index contributed by atoms with van der Waals surface area (Å²) in [4.78, 5) is 10.9. The van der Waals surface area contributed by atoms with Crippen LogP contribution in [0.15, 0.2) is 54.1 Å². The topological polar surface area (TPSA) is 46.5 Å². The lowest BCUT2D eigenvalue weighted by Gasteiger charge is -2.06. The summed E-state index contributed by atoms with van der Waals surface area (Å²) >= 11 is 0. The number of carboxylic acid groups (broad SMARTS) is 1. The van der Waals surface area contributed by atoms with E-state index in [0.29, 0.717) is 5.57 Å². The summed E-state index contributed by atoms with van der Waals surface area (Å²) in [6.45, 7) is 1.58. The number of methoxy groups -OCH3 is 1. The highest BCUT2D eigenvalue weighted by atomic mass is 16.5. The molecule has 2 aromatic carbocycles. The summed E-state index contributed by atoms with van der Waals surface area (Å²) in [6.07, 6.45) is 1.66. The Bertz CT molecular complexity index is 657. The van der Waals surface area contributed by atoms with Gasteiger partial charge in [-0.15, -0.1) is 0 Å². The number of hydrogen-bond donors (Lipinski definition) is 1. The molecule has 0 heterocycles. The van der Waals surface area contributed by atoms with E-state index in [4.69, 9.17) is 9.84 Å². The molecule has 3 nitrogen and oxygen atoms in total. The van der Waals surface area contributed by atoms with Gasteiger partial charge in [-0.25, -0.2) is 4.79 Å². The number of rotatable bonds is 4. The number of aliphatic carboxylic acids is 1. The van der Waals surface area contributed by atoms with Crippen LogP contribution in [0.4, 0.5) is 0 Å². The van der Waals surface area contributed by atoms with Crippen LogP contribution in [0.3, 0.4) is 0 Å². The van der Waals surface area contributed by atoms with Crippen molar-refractivity contribution < 1.29 is 14.6 Å². The Labute approximate surface area is 118 Å². The SMILES string of the molecule is COc1cccc(-c2cccc(/C=C(\C)C(=O)O)c2)c1. The minimum absolute atomic E-state index is 0.313. The summed E-state index contributed by atoms with van der Waals surface area (Å²) in [6, 6.07) is 15.5. The van der Waals surface area contributed by atoms with Crippen LogP contribution in [0.25, 0.3) is 17.2 Å². The van der Waals surface area contributed by atoms with Crippen molar-refractivity contribution in [1.29, 1.82) is 0 Å². The highest BCUT2D eigenvalue weighted by Gasteiger charge is 2.03. The first-order chi connectivity index (χ1) is 9.60. The third-order valence-electron chi connectivity index (χ3n) is 3.01. The molecule has 102 valence electrons. The normalized spacial score (nSPS) is 11.2. The van der Waals surface area contributed by atoms with Crippen molar-refractivity contribution in [2.45, 2.75) is 6.92 Å². The molecule has 0 aliphatic heterocycles. The van der Waals surface area contributed by atoms with Crippen molar-refractivity contribution in [2.75, 3.05) is 7.11 Å². The van der Waals surface area contributed by atoms with Crippen molar-refractivity contribution in [3.63, 3.8) is 0 Å². The van der Waals surface area contributed by atoms with Crippen LogP contribution in [-0.4, -0.2) is 18.2 Å². The molecular weight excluding hydrogens is 252 g/mol. The number of ether oxygens (including phenoxy) is 1. The van der Waals surface area contributed by atoms with Gasteiger partial charge in [0.25, 0.3) is 0 Å². The van der Waals surface area contributed by atoms with Gasteiger partial charge < -0.3 is 9.84 Å². The minimum atomic E-state index is -0.906. The zero-order valence-corrected chi connectivity index (χ0v) is 11.5. The van der Waals surface area contributed by atoms with E-state index in [9.17, 15) is 4.79 Å². The molecule has 0 atom stereocenters. The van der Waals surface area contributed by atoms with E-state index < -0.39 is 5.97 Å². The van der Waals surface area contributed by atoms with Gasteiger partial charge in [0.1, 0.15) is 5.75 Å². The maximum absolute atomic E-state index is 10.9. The molecule has 3 heteroatoms. The molecule has 2 rings (SSSR count). The lowest BCUT2D eigenvalue weighted by atomic mass is 10.0. The van der Waals surface area contributed by atoms with Crippen molar-refractivity contribution in [1.82, 2.24) is 0 Å². The molecule has 0 aliphatic carbocycles. The van der Waals surface area contributed by atoms with Gasteiger partial charge >= 0.3 is 5.97 Å². The first-order valence-corrected chi connectivity index (χ1v) is 6.26. The Morgan fingerprint density at radius 1 is 1.10 bits per heavy atom. The maximum atomic E-state index is 10.9. The molecule has 2 aromatic rings. The fourth-order valence-corrected chi connectivity index (χ4v) is 1.92. The standard InChI is InChI=1S/C17H16O3/c1-12(17(18)19)9-13-5-3-6-14(10-13)15-7-4-8-16(11-15)20-2/h3-11H,1-2H3,(H,18,19)/b12-9+. The summed E-state index contributed by atoms with van der Waals surface area (Å²) in [7, 11) is 1.63. The molecule has 0 saturated heterocycles. The van der Waals surface area contributed by atoms with Crippen LogP contribution in [0.1, 0.15) is 12.5 Å². The number of carboxylic acids is 1. The Morgan fingerprint density at radius 2 is 1.75 bits per heavy atom. The zero-order chi connectivity index (χ0) is 14.5. The predicted molar refractivity (Wildman–Crippen MR) is 79.7 cm³/mol. The second-order valence-electron chi connectivity index (χ2n) is 4.49. The molecule has 0 amide bonds. The molecule has 0 fully saturated rings. The van der Waals surface area contributed by atoms with Crippen LogP contribution >= 0.6 is 0 Å². The van der Waals surface area contributed by atoms with E-state index >= 15 is 0 Å². The molecule has 0 aromatic heterocycles. The number of benzene rings is 2. The first-order valence-electron chi connectivity index (χ1n) is 6.26. The van der Waals surface area contributed by atoms with Gasteiger partial charge in [-0.2, -0.15) is 0 Å². The Balaban J connectivity index is 2.39. The van der Waals surface area contributed by atoms with Crippen molar-refractivity contribution >= 4 is 12.0 Å². The third-order valence-corrected chi connectivity index (χ3v) is 3.01. The second kappa shape index (κ2) is 6.06. The maximum Gasteiger partial charge on any atom is 0.331 e. The molecule has 0 aliphatic rings. The lowest BCUT2D eigenvalue weighted by molar-refractivity contribution is -0.132. The quantitative estimate of drug-likeness (QED) is 0.857. The van der Waals surface area contributed by atoms with E-state index in [1.165, 1.54) is 0 Å². The highest BCUT2D eigenvalue weighted by Crippen LogP contribution is 2.25. The average Bonchev–Trinajstić information content (AvgIpc) is 2.47. The molecule has 0 bridgehead atoms. The average molecular weight is 268 g/mol. The van der Waals surface area contributed by atoms with Crippen molar-refractivity contribution in [3.05, 3.63) is 59.7 Å². The predicted octanol–water partition coefficient (Wildman–Crippen LogP) is 3.85. The minimum Gasteiger partial charge on any atom is -0.497 e. The Morgan fingerprint density at radius 3 is 2.40 bits per heavy atom. The summed E-state index contributed by atoms with van der Waals surface area (Å²) < 4.78 is 5.21.